The lowest BCUT2D eigenvalue weighted by molar-refractivity contribution is 0.0952. The molecule has 1 aliphatic carbocycles. The van der Waals surface area contributed by atoms with Crippen LogP contribution in [-0.4, -0.2) is 10.4 Å². The quantitative estimate of drug-likeness (QED) is 0.414. The Labute approximate surface area is 170 Å². The Balaban J connectivity index is 1.99. The van der Waals surface area contributed by atoms with Crippen LogP contribution in [0.3, 0.4) is 0 Å². The lowest BCUT2D eigenvalue weighted by Crippen LogP contribution is -2.19. The molecule has 0 fully saturated rings. The first-order valence-corrected chi connectivity index (χ1v) is 9.98. The van der Waals surface area contributed by atoms with Gasteiger partial charge in [0.05, 0.1) is 15.7 Å². The second-order valence-electron chi connectivity index (χ2n) is 6.77. The third-order valence-electron chi connectivity index (χ3n) is 4.78. The molecule has 0 aliphatic heterocycles. The van der Waals surface area contributed by atoms with Crippen molar-refractivity contribution >= 4 is 44.9 Å². The third kappa shape index (κ3) is 3.13. The van der Waals surface area contributed by atoms with E-state index in [1.807, 2.05) is 42.5 Å². The van der Waals surface area contributed by atoms with Crippen LogP contribution in [0.25, 0.3) is 16.9 Å². The van der Waals surface area contributed by atoms with Crippen molar-refractivity contribution in [3.8, 4) is 16.9 Å². The number of benzene rings is 2. The maximum atomic E-state index is 12.6. The molecule has 1 heterocycles. The molecular formula is C21H16BrCl2NO. The van der Waals surface area contributed by atoms with Crippen molar-refractivity contribution in [1.29, 1.82) is 0 Å². The lowest BCUT2D eigenvalue weighted by atomic mass is 9.88. The third-order valence-corrected chi connectivity index (χ3v) is 6.05. The van der Waals surface area contributed by atoms with Crippen molar-refractivity contribution in [1.82, 2.24) is 4.57 Å². The monoisotopic (exact) mass is 447 g/mol. The van der Waals surface area contributed by atoms with E-state index in [2.05, 4.69) is 27.4 Å². The van der Waals surface area contributed by atoms with Gasteiger partial charge in [-0.25, -0.2) is 0 Å². The number of halogens is 3. The first-order valence-electron chi connectivity index (χ1n) is 8.43. The Morgan fingerprint density at radius 3 is 2.42 bits per heavy atom. The number of nitrogens with zero attached hydrogens (tertiary/aromatic N) is 1. The molecule has 0 N–H and O–H groups in total. The lowest BCUT2D eigenvalue weighted by Gasteiger charge is -2.21. The van der Waals surface area contributed by atoms with E-state index in [4.69, 9.17) is 23.2 Å². The average molecular weight is 449 g/mol. The van der Waals surface area contributed by atoms with Crippen LogP contribution in [0.5, 0.6) is 0 Å². The van der Waals surface area contributed by atoms with E-state index < -0.39 is 0 Å². The predicted molar refractivity (Wildman–Crippen MR) is 111 cm³/mol. The summed E-state index contributed by atoms with van der Waals surface area (Å²) in [6.45, 7) is 2.12. The molecule has 1 aliphatic rings. The van der Waals surface area contributed by atoms with E-state index in [9.17, 15) is 4.79 Å². The van der Waals surface area contributed by atoms with Gasteiger partial charge in [-0.05, 0) is 54.3 Å². The first kappa shape index (κ1) is 17.8. The molecule has 0 saturated carbocycles. The molecule has 1 atom stereocenters. The zero-order valence-corrected chi connectivity index (χ0v) is 17.2. The van der Waals surface area contributed by atoms with Gasteiger partial charge in [-0.3, -0.25) is 4.79 Å². The van der Waals surface area contributed by atoms with Gasteiger partial charge >= 0.3 is 0 Å². The van der Waals surface area contributed by atoms with Crippen LogP contribution in [0.1, 0.15) is 29.4 Å². The number of aromatic nitrogens is 1. The molecule has 26 heavy (non-hydrogen) atoms. The zero-order chi connectivity index (χ0) is 18.4. The summed E-state index contributed by atoms with van der Waals surface area (Å²) >= 11 is 15.9. The molecule has 3 aromatic rings. The highest BCUT2D eigenvalue weighted by molar-refractivity contribution is 9.10. The molecule has 4 rings (SSSR count). The Hall–Kier alpha value is -1.55. The van der Waals surface area contributed by atoms with Gasteiger partial charge in [0.2, 0.25) is 0 Å². The van der Waals surface area contributed by atoms with Gasteiger partial charge in [0.25, 0.3) is 0 Å². The number of fused-ring (bicyclic) bond motifs is 1. The molecular weight excluding hydrogens is 433 g/mol. The summed E-state index contributed by atoms with van der Waals surface area (Å²) in [6.07, 6.45) is 1.45. The molecule has 2 nitrogen and oxygen atoms in total. The number of Topliss-reactive ketones (excluding diaryl/α,β-unsaturated/α-hetero) is 1. The zero-order valence-electron chi connectivity index (χ0n) is 14.1. The van der Waals surface area contributed by atoms with E-state index in [0.29, 0.717) is 22.4 Å². The van der Waals surface area contributed by atoms with E-state index in [-0.39, 0.29) is 5.78 Å². The van der Waals surface area contributed by atoms with Crippen LogP contribution >= 0.6 is 39.1 Å². The Bertz CT molecular complexity index is 1010. The summed E-state index contributed by atoms with van der Waals surface area (Å²) in [4.78, 5) is 12.6. The number of hydrogen-bond donors (Lipinski definition) is 0. The highest BCUT2D eigenvalue weighted by Gasteiger charge is 2.28. The summed E-state index contributed by atoms with van der Waals surface area (Å²) in [7, 11) is 0. The maximum absolute atomic E-state index is 12.6. The number of rotatable bonds is 2. The molecule has 2 aromatic carbocycles. The van der Waals surface area contributed by atoms with Crippen molar-refractivity contribution in [2.24, 2.45) is 5.92 Å². The molecule has 0 bridgehead atoms. The molecule has 0 saturated heterocycles. The molecule has 0 radical (unpaired) electrons. The van der Waals surface area contributed by atoms with Gasteiger partial charge < -0.3 is 4.57 Å². The number of hydrogen-bond acceptors (Lipinski definition) is 1. The first-order chi connectivity index (χ1) is 12.4. The Kier molecular flexibility index (Phi) is 4.72. The fraction of sp³-hybridized carbons (Fsp3) is 0.190. The normalized spacial score (nSPS) is 16.6. The van der Waals surface area contributed by atoms with Crippen LogP contribution in [0.15, 0.2) is 53.0 Å². The summed E-state index contributed by atoms with van der Waals surface area (Å²) < 4.78 is 3.16. The topological polar surface area (TPSA) is 22.0 Å². The van der Waals surface area contributed by atoms with E-state index in [1.165, 1.54) is 0 Å². The predicted octanol–water partition coefficient (Wildman–Crippen LogP) is 6.98. The molecule has 1 aromatic heterocycles. The van der Waals surface area contributed by atoms with Crippen LogP contribution in [0.4, 0.5) is 0 Å². The summed E-state index contributed by atoms with van der Waals surface area (Å²) in [6, 6.07) is 15.7. The van der Waals surface area contributed by atoms with E-state index in [1.54, 1.807) is 6.07 Å². The van der Waals surface area contributed by atoms with Crippen LogP contribution < -0.4 is 0 Å². The summed E-state index contributed by atoms with van der Waals surface area (Å²) in [5.74, 6) is 0.528. The van der Waals surface area contributed by atoms with Crippen LogP contribution in [0.2, 0.25) is 10.0 Å². The molecule has 132 valence electrons. The molecule has 0 amide bonds. The van der Waals surface area contributed by atoms with Gasteiger partial charge in [-0.2, -0.15) is 0 Å². The fourth-order valence-corrected chi connectivity index (χ4v) is 4.13. The molecule has 5 heteroatoms. The standard InChI is InChI=1S/C21H16BrCl2NO/c1-12-8-20-16(21(26)9-12)11-19(13-2-4-14(22)5-3-13)25(20)15-6-7-17(23)18(24)10-15/h2-7,10-12H,8-9H2,1H3. The Morgan fingerprint density at radius 2 is 1.73 bits per heavy atom. The number of carbonyl (C=O) groups excluding carboxylic acids is 1. The van der Waals surface area contributed by atoms with Gasteiger partial charge in [-0.1, -0.05) is 58.2 Å². The minimum absolute atomic E-state index is 0.205. The number of ketones is 1. The van der Waals surface area contributed by atoms with Gasteiger partial charge in [0.15, 0.2) is 5.78 Å². The highest BCUT2D eigenvalue weighted by atomic mass is 79.9. The van der Waals surface area contributed by atoms with Crippen molar-refractivity contribution in [2.75, 3.05) is 0 Å². The SMILES string of the molecule is CC1CC(=O)c2cc(-c3ccc(Br)cc3)n(-c3ccc(Cl)c(Cl)c3)c2C1. The summed E-state index contributed by atoms with van der Waals surface area (Å²) in [5, 5.41) is 1.02. The molecule has 1 unspecified atom stereocenters. The minimum Gasteiger partial charge on any atom is -0.313 e. The van der Waals surface area contributed by atoms with Crippen molar-refractivity contribution in [3.05, 3.63) is 74.3 Å². The second-order valence-corrected chi connectivity index (χ2v) is 8.50. The summed E-state index contributed by atoms with van der Waals surface area (Å²) in [5.41, 5.74) is 4.81. The number of carbonyl (C=O) groups is 1. The largest absolute Gasteiger partial charge is 0.313 e. The fourth-order valence-electron chi connectivity index (χ4n) is 3.57. The van der Waals surface area contributed by atoms with Crippen molar-refractivity contribution in [2.45, 2.75) is 19.8 Å². The van der Waals surface area contributed by atoms with Crippen LogP contribution in [-0.2, 0) is 6.42 Å². The van der Waals surface area contributed by atoms with Gasteiger partial charge in [-0.15, -0.1) is 0 Å². The Morgan fingerprint density at radius 1 is 1.00 bits per heavy atom. The van der Waals surface area contributed by atoms with Gasteiger partial charge in [0.1, 0.15) is 0 Å². The molecule has 0 spiro atoms. The maximum Gasteiger partial charge on any atom is 0.164 e. The van der Waals surface area contributed by atoms with Gasteiger partial charge in [0, 0.05) is 27.8 Å². The van der Waals surface area contributed by atoms with Crippen LogP contribution in [0, 0.1) is 5.92 Å². The highest BCUT2D eigenvalue weighted by Crippen LogP contribution is 2.37. The average Bonchev–Trinajstić information content (AvgIpc) is 2.98. The second kappa shape index (κ2) is 6.88. The minimum atomic E-state index is 0.205. The smallest absolute Gasteiger partial charge is 0.164 e. The van der Waals surface area contributed by atoms with Crippen molar-refractivity contribution in [3.63, 3.8) is 0 Å². The van der Waals surface area contributed by atoms with E-state index >= 15 is 0 Å². The van der Waals surface area contributed by atoms with Crippen molar-refractivity contribution < 1.29 is 4.79 Å². The van der Waals surface area contributed by atoms with E-state index in [0.717, 1.165) is 39.1 Å².